The van der Waals surface area contributed by atoms with Gasteiger partial charge in [0.25, 0.3) is 0 Å². The Labute approximate surface area is 197 Å². The van der Waals surface area contributed by atoms with Crippen LogP contribution in [0.3, 0.4) is 0 Å². The van der Waals surface area contributed by atoms with E-state index in [1.54, 1.807) is 13.0 Å². The summed E-state index contributed by atoms with van der Waals surface area (Å²) in [6.07, 6.45) is 3.71. The largest absolute Gasteiger partial charge is 0.487 e. The van der Waals surface area contributed by atoms with Gasteiger partial charge >= 0.3 is 5.97 Å². The number of hydrogen-bond acceptors (Lipinski definition) is 5. The first kappa shape index (κ1) is 22.7. The van der Waals surface area contributed by atoms with Gasteiger partial charge < -0.3 is 18.5 Å². The fourth-order valence-corrected chi connectivity index (χ4v) is 3.82. The highest BCUT2D eigenvalue weighted by atomic mass is 35.5. The molecule has 0 aliphatic heterocycles. The number of aromatic nitrogens is 2. The van der Waals surface area contributed by atoms with Gasteiger partial charge in [-0.3, -0.25) is 0 Å². The normalized spacial score (nSPS) is 11.7. The van der Waals surface area contributed by atoms with Gasteiger partial charge in [0.2, 0.25) is 11.6 Å². The molecule has 0 amide bonds. The van der Waals surface area contributed by atoms with Crippen LogP contribution >= 0.6 is 11.6 Å². The van der Waals surface area contributed by atoms with Crippen molar-refractivity contribution < 1.29 is 18.7 Å². The number of esters is 1. The molecule has 2 aromatic carbocycles. The third-order valence-corrected chi connectivity index (χ3v) is 5.52. The number of oxazole rings is 1. The summed E-state index contributed by atoms with van der Waals surface area (Å²) in [5.41, 5.74) is 3.51. The summed E-state index contributed by atoms with van der Waals surface area (Å²) in [5.74, 6) is 0.998. The SMILES string of the molecule is CCOC(=O)/C(=C\c1ccc2c(ccn2Cc2nc(-c3ccccc3Cl)oc2C)c1)OCC. The standard InChI is InChI=1S/C26H25ClN2O4/c1-4-31-24(26(30)32-5-2)15-18-10-11-23-19(14-18)12-13-29(23)16-22-17(3)33-25(28-22)20-8-6-7-9-21(20)27/h6-15H,4-5,16H2,1-3H3/b24-15+. The Bertz CT molecular complexity index is 1320. The number of benzene rings is 2. The first-order valence-corrected chi connectivity index (χ1v) is 11.2. The van der Waals surface area contributed by atoms with Gasteiger partial charge in [0.1, 0.15) is 11.5 Å². The van der Waals surface area contributed by atoms with Crippen molar-refractivity contribution >= 4 is 34.5 Å². The average molecular weight is 465 g/mol. The van der Waals surface area contributed by atoms with E-state index in [0.29, 0.717) is 30.7 Å². The number of ether oxygens (including phenoxy) is 2. The second-order valence-corrected chi connectivity index (χ2v) is 7.83. The minimum absolute atomic E-state index is 0.198. The van der Waals surface area contributed by atoms with Gasteiger partial charge in [0.05, 0.1) is 30.3 Å². The van der Waals surface area contributed by atoms with Gasteiger partial charge in [-0.2, -0.15) is 0 Å². The minimum atomic E-state index is -0.465. The highest BCUT2D eigenvalue weighted by molar-refractivity contribution is 6.33. The summed E-state index contributed by atoms with van der Waals surface area (Å²) < 4.78 is 18.6. The topological polar surface area (TPSA) is 66.5 Å². The van der Waals surface area contributed by atoms with E-state index in [2.05, 4.69) is 9.55 Å². The first-order valence-electron chi connectivity index (χ1n) is 10.8. The predicted molar refractivity (Wildman–Crippen MR) is 129 cm³/mol. The fourth-order valence-electron chi connectivity index (χ4n) is 3.60. The van der Waals surface area contributed by atoms with Crippen molar-refractivity contribution in [2.75, 3.05) is 13.2 Å². The monoisotopic (exact) mass is 464 g/mol. The van der Waals surface area contributed by atoms with Gasteiger partial charge in [0.15, 0.2) is 0 Å². The average Bonchev–Trinajstić information content (AvgIpc) is 3.37. The number of rotatable bonds is 8. The molecule has 0 aliphatic carbocycles. The molecule has 2 aromatic heterocycles. The van der Waals surface area contributed by atoms with Crippen LogP contribution in [-0.4, -0.2) is 28.7 Å². The molecule has 7 heteroatoms. The number of fused-ring (bicyclic) bond motifs is 1. The van der Waals surface area contributed by atoms with Crippen molar-refractivity contribution in [3.05, 3.63) is 82.5 Å². The molecule has 4 aromatic rings. The predicted octanol–water partition coefficient (Wildman–Crippen LogP) is 6.25. The maximum Gasteiger partial charge on any atom is 0.373 e. The molecule has 0 fully saturated rings. The van der Waals surface area contributed by atoms with E-state index < -0.39 is 5.97 Å². The molecule has 0 radical (unpaired) electrons. The highest BCUT2D eigenvalue weighted by Crippen LogP contribution is 2.29. The Morgan fingerprint density at radius 2 is 1.91 bits per heavy atom. The molecular weight excluding hydrogens is 440 g/mol. The summed E-state index contributed by atoms with van der Waals surface area (Å²) in [6, 6.07) is 15.5. The Morgan fingerprint density at radius 3 is 2.67 bits per heavy atom. The van der Waals surface area contributed by atoms with Crippen LogP contribution in [0.25, 0.3) is 28.4 Å². The van der Waals surface area contributed by atoms with E-state index in [1.807, 2.05) is 68.6 Å². The molecule has 0 aliphatic rings. The molecule has 0 spiro atoms. The van der Waals surface area contributed by atoms with Crippen molar-refractivity contribution in [3.8, 4) is 11.5 Å². The lowest BCUT2D eigenvalue weighted by atomic mass is 10.1. The molecule has 0 saturated heterocycles. The van der Waals surface area contributed by atoms with Crippen LogP contribution in [0.4, 0.5) is 0 Å². The molecule has 6 nitrogen and oxygen atoms in total. The van der Waals surface area contributed by atoms with Crippen molar-refractivity contribution in [2.45, 2.75) is 27.3 Å². The van der Waals surface area contributed by atoms with Gasteiger partial charge in [-0.1, -0.05) is 29.8 Å². The molecule has 0 atom stereocenters. The zero-order chi connectivity index (χ0) is 23.4. The molecule has 4 rings (SSSR count). The van der Waals surface area contributed by atoms with Gasteiger partial charge in [-0.15, -0.1) is 0 Å². The lowest BCUT2D eigenvalue weighted by Gasteiger charge is -2.08. The maximum absolute atomic E-state index is 12.1. The van der Waals surface area contributed by atoms with Crippen molar-refractivity contribution in [2.24, 2.45) is 0 Å². The molecule has 2 heterocycles. The number of hydrogen-bond donors (Lipinski definition) is 0. The number of carbonyl (C=O) groups is 1. The molecule has 0 bridgehead atoms. The molecule has 170 valence electrons. The Balaban J connectivity index is 1.60. The number of halogens is 1. The minimum Gasteiger partial charge on any atom is -0.487 e. The van der Waals surface area contributed by atoms with Crippen LogP contribution in [0.15, 0.2) is 64.9 Å². The van der Waals surface area contributed by atoms with Crippen molar-refractivity contribution in [1.29, 1.82) is 0 Å². The fraction of sp³-hybridized carbons (Fsp3) is 0.231. The quantitative estimate of drug-likeness (QED) is 0.175. The number of nitrogens with zero attached hydrogens (tertiary/aromatic N) is 2. The van der Waals surface area contributed by atoms with E-state index in [1.165, 1.54) is 0 Å². The third-order valence-electron chi connectivity index (χ3n) is 5.19. The van der Waals surface area contributed by atoms with Gasteiger partial charge in [-0.05, 0) is 62.7 Å². The van der Waals surface area contributed by atoms with E-state index in [4.69, 9.17) is 25.5 Å². The van der Waals surface area contributed by atoms with E-state index in [-0.39, 0.29) is 5.76 Å². The number of aryl methyl sites for hydroxylation is 1. The smallest absolute Gasteiger partial charge is 0.373 e. The molecular formula is C26H25ClN2O4. The summed E-state index contributed by atoms with van der Waals surface area (Å²) in [5, 5.41) is 1.64. The second kappa shape index (κ2) is 9.96. The zero-order valence-electron chi connectivity index (χ0n) is 18.8. The number of carbonyl (C=O) groups excluding carboxylic acids is 1. The van der Waals surface area contributed by atoms with Crippen LogP contribution in [-0.2, 0) is 20.8 Å². The second-order valence-electron chi connectivity index (χ2n) is 7.43. The Hall–Kier alpha value is -3.51. The third kappa shape index (κ3) is 4.96. The lowest BCUT2D eigenvalue weighted by molar-refractivity contribution is -0.142. The van der Waals surface area contributed by atoms with Crippen LogP contribution in [0.2, 0.25) is 5.02 Å². The highest BCUT2D eigenvalue weighted by Gasteiger charge is 2.15. The lowest BCUT2D eigenvalue weighted by Crippen LogP contribution is -2.10. The Morgan fingerprint density at radius 1 is 1.12 bits per heavy atom. The maximum atomic E-state index is 12.1. The van der Waals surface area contributed by atoms with E-state index in [0.717, 1.165) is 33.5 Å². The molecule has 0 N–H and O–H groups in total. The van der Waals surface area contributed by atoms with Crippen molar-refractivity contribution in [3.63, 3.8) is 0 Å². The van der Waals surface area contributed by atoms with E-state index in [9.17, 15) is 4.79 Å². The van der Waals surface area contributed by atoms with Gasteiger partial charge in [0, 0.05) is 17.1 Å². The summed E-state index contributed by atoms with van der Waals surface area (Å²) in [7, 11) is 0. The molecule has 33 heavy (non-hydrogen) atoms. The molecule has 0 saturated carbocycles. The van der Waals surface area contributed by atoms with Crippen LogP contribution in [0, 0.1) is 6.92 Å². The van der Waals surface area contributed by atoms with Crippen LogP contribution < -0.4 is 0 Å². The summed E-state index contributed by atoms with van der Waals surface area (Å²) in [4.78, 5) is 16.8. The molecule has 0 unspecified atom stereocenters. The Kier molecular flexibility index (Phi) is 6.84. The van der Waals surface area contributed by atoms with Gasteiger partial charge in [-0.25, -0.2) is 9.78 Å². The van der Waals surface area contributed by atoms with E-state index >= 15 is 0 Å². The van der Waals surface area contributed by atoms with Crippen molar-refractivity contribution in [1.82, 2.24) is 9.55 Å². The summed E-state index contributed by atoms with van der Waals surface area (Å²) in [6.45, 7) is 6.75. The van der Waals surface area contributed by atoms with Crippen LogP contribution in [0.5, 0.6) is 0 Å². The van der Waals surface area contributed by atoms with Crippen LogP contribution in [0.1, 0.15) is 30.9 Å². The zero-order valence-corrected chi connectivity index (χ0v) is 19.6. The first-order chi connectivity index (χ1) is 16.0. The summed E-state index contributed by atoms with van der Waals surface area (Å²) >= 11 is 6.30.